The predicted octanol–water partition coefficient (Wildman–Crippen LogP) is 1.48. The predicted molar refractivity (Wildman–Crippen MR) is 63.8 cm³/mol. The molecule has 2 N–H and O–H groups in total. The van der Waals surface area contributed by atoms with Gasteiger partial charge in [-0.3, -0.25) is 4.48 Å². The van der Waals surface area contributed by atoms with Gasteiger partial charge in [-0.1, -0.05) is 0 Å². The number of carbonyl (C=O) groups is 1. The van der Waals surface area contributed by atoms with Crippen LogP contribution in [0.1, 0.15) is 17.3 Å². The Hall–Kier alpha value is -1.55. The Morgan fingerprint density at radius 3 is 2.19 bits per heavy atom. The average Bonchev–Trinajstić information content (AvgIpc) is 2.17. The number of rotatable bonds is 3. The molecule has 1 aromatic carbocycles. The van der Waals surface area contributed by atoms with E-state index in [-0.39, 0.29) is 12.2 Å². The molecule has 1 rings (SSSR count). The zero-order valence-corrected chi connectivity index (χ0v) is 10.2. The normalized spacial score (nSPS) is 13.2. The summed E-state index contributed by atoms with van der Waals surface area (Å²) < 4.78 is 5.90. The first-order valence-corrected chi connectivity index (χ1v) is 5.18. The highest BCUT2D eigenvalue weighted by Gasteiger charge is 2.22. The van der Waals surface area contributed by atoms with E-state index in [1.807, 2.05) is 28.1 Å². The molecule has 0 heterocycles. The quantitative estimate of drug-likeness (QED) is 0.365. The maximum atomic E-state index is 11.7. The molecule has 0 radical (unpaired) electrons. The number of hydrogen-bond donors (Lipinski definition) is 1. The van der Waals surface area contributed by atoms with Crippen molar-refractivity contribution in [3.8, 4) is 0 Å². The second-order valence-corrected chi connectivity index (χ2v) is 4.74. The number of hydrogen-bond acceptors (Lipinski definition) is 3. The summed E-state index contributed by atoms with van der Waals surface area (Å²) in [4.78, 5) is 11.7. The second kappa shape index (κ2) is 4.53. The van der Waals surface area contributed by atoms with Gasteiger partial charge in [0, 0.05) is 12.6 Å². The minimum atomic E-state index is -0.319. The van der Waals surface area contributed by atoms with Crippen molar-refractivity contribution in [3.05, 3.63) is 29.8 Å². The van der Waals surface area contributed by atoms with Crippen LogP contribution in [0.3, 0.4) is 0 Å². The highest BCUT2D eigenvalue weighted by Crippen LogP contribution is 2.10. The first-order chi connectivity index (χ1) is 7.30. The largest absolute Gasteiger partial charge is 0.409 e. The number of nitrogens with two attached hydrogens (primary N) is 1. The zero-order chi connectivity index (χ0) is 12.3. The highest BCUT2D eigenvalue weighted by atomic mass is 16.6. The Morgan fingerprint density at radius 2 is 1.75 bits per heavy atom. The van der Waals surface area contributed by atoms with Gasteiger partial charge in [0.1, 0.15) is 0 Å². The van der Waals surface area contributed by atoms with Gasteiger partial charge < -0.3 is 10.5 Å². The molecule has 1 aromatic rings. The second-order valence-electron chi connectivity index (χ2n) is 4.74. The molecule has 0 spiro atoms. The Kier molecular flexibility index (Phi) is 3.55. The molecule has 0 aliphatic rings. The van der Waals surface area contributed by atoms with Gasteiger partial charge in [-0.2, -0.15) is 0 Å². The van der Waals surface area contributed by atoms with Gasteiger partial charge in [0.15, 0.2) is 0 Å². The minimum absolute atomic E-state index is 0.190. The summed E-state index contributed by atoms with van der Waals surface area (Å²) in [5, 5.41) is 0. The van der Waals surface area contributed by atoms with E-state index in [1.54, 1.807) is 24.3 Å². The minimum Gasteiger partial charge on any atom is -0.409 e. The third-order valence-electron chi connectivity index (χ3n) is 2.51. The van der Waals surface area contributed by atoms with Crippen LogP contribution < -0.4 is 5.73 Å². The Labute approximate surface area is 96.2 Å². The van der Waals surface area contributed by atoms with Crippen molar-refractivity contribution in [1.29, 1.82) is 0 Å². The summed E-state index contributed by atoms with van der Waals surface area (Å²) in [6.45, 7) is 1.87. The van der Waals surface area contributed by atoms with Gasteiger partial charge in [-0.15, -0.1) is 0 Å². The lowest BCUT2D eigenvalue weighted by Gasteiger charge is -2.30. The maximum absolute atomic E-state index is 11.7. The van der Waals surface area contributed by atoms with Crippen molar-refractivity contribution in [1.82, 2.24) is 0 Å². The van der Waals surface area contributed by atoms with Crippen molar-refractivity contribution in [2.24, 2.45) is 0 Å². The van der Waals surface area contributed by atoms with Gasteiger partial charge >= 0.3 is 5.97 Å². The van der Waals surface area contributed by atoms with E-state index in [0.717, 1.165) is 0 Å². The molecule has 1 unspecified atom stereocenters. The lowest BCUT2D eigenvalue weighted by atomic mass is 10.2. The first kappa shape index (κ1) is 12.5. The van der Waals surface area contributed by atoms with Crippen LogP contribution in [-0.4, -0.2) is 37.8 Å². The Bertz CT molecular complexity index is 366. The van der Waals surface area contributed by atoms with E-state index in [2.05, 4.69) is 0 Å². The molecule has 0 fully saturated rings. The fourth-order valence-electron chi connectivity index (χ4n) is 1.00. The lowest BCUT2D eigenvalue weighted by molar-refractivity contribution is -0.914. The Balaban J connectivity index is 2.70. The fourth-order valence-corrected chi connectivity index (χ4v) is 1.00. The molecule has 0 amide bonds. The van der Waals surface area contributed by atoms with Gasteiger partial charge in [-0.25, -0.2) is 4.79 Å². The summed E-state index contributed by atoms with van der Waals surface area (Å²) in [5.41, 5.74) is 6.70. The van der Waals surface area contributed by atoms with Crippen molar-refractivity contribution >= 4 is 11.7 Å². The van der Waals surface area contributed by atoms with Crippen LogP contribution in [0.15, 0.2) is 24.3 Å². The molecule has 0 aromatic heterocycles. The standard InChI is InChI=1S/C12H18N2O2/c1-9(14(2,3)4)16-12(15)10-5-7-11(13)8-6-10/h5-9H,1-4H3,(H-,13,15)/p+1. The first-order valence-electron chi connectivity index (χ1n) is 5.18. The van der Waals surface area contributed by atoms with Gasteiger partial charge in [0.05, 0.1) is 26.7 Å². The average molecular weight is 223 g/mol. The molecular weight excluding hydrogens is 204 g/mol. The fraction of sp³-hybridized carbons (Fsp3) is 0.417. The van der Waals surface area contributed by atoms with Gasteiger partial charge in [0.2, 0.25) is 6.23 Å². The number of nitrogens with zero attached hydrogens (tertiary/aromatic N) is 1. The van der Waals surface area contributed by atoms with E-state index >= 15 is 0 Å². The molecule has 0 bridgehead atoms. The smallest absolute Gasteiger partial charge is 0.342 e. The van der Waals surface area contributed by atoms with Crippen LogP contribution in [-0.2, 0) is 4.74 Å². The summed E-state index contributed by atoms with van der Waals surface area (Å²) in [6.07, 6.45) is -0.190. The van der Waals surface area contributed by atoms with Gasteiger partial charge in [-0.05, 0) is 24.3 Å². The highest BCUT2D eigenvalue weighted by molar-refractivity contribution is 5.89. The lowest BCUT2D eigenvalue weighted by Crippen LogP contribution is -2.45. The third-order valence-corrected chi connectivity index (χ3v) is 2.51. The molecule has 0 saturated carbocycles. The van der Waals surface area contributed by atoms with Crippen molar-refractivity contribution in [3.63, 3.8) is 0 Å². The maximum Gasteiger partial charge on any atom is 0.342 e. The molecule has 1 atom stereocenters. The number of anilines is 1. The number of carbonyl (C=O) groups excluding carboxylic acids is 1. The summed E-state index contributed by atoms with van der Waals surface area (Å²) in [5.74, 6) is -0.319. The third kappa shape index (κ3) is 3.24. The van der Waals surface area contributed by atoms with Crippen LogP contribution in [0.25, 0.3) is 0 Å². The monoisotopic (exact) mass is 223 g/mol. The van der Waals surface area contributed by atoms with Crippen molar-refractivity contribution < 1.29 is 14.0 Å². The van der Waals surface area contributed by atoms with E-state index < -0.39 is 0 Å². The van der Waals surface area contributed by atoms with Crippen LogP contribution >= 0.6 is 0 Å². The van der Waals surface area contributed by atoms with E-state index in [4.69, 9.17) is 10.5 Å². The van der Waals surface area contributed by atoms with Gasteiger partial charge in [0.25, 0.3) is 0 Å². The van der Waals surface area contributed by atoms with Crippen LogP contribution in [0, 0.1) is 0 Å². The molecule has 4 heteroatoms. The molecule has 4 nitrogen and oxygen atoms in total. The molecular formula is C12H19N2O2+. The van der Waals surface area contributed by atoms with E-state index in [1.165, 1.54) is 0 Å². The van der Waals surface area contributed by atoms with Crippen LogP contribution in [0.5, 0.6) is 0 Å². The molecule has 16 heavy (non-hydrogen) atoms. The summed E-state index contributed by atoms with van der Waals surface area (Å²) >= 11 is 0. The number of quaternary nitrogens is 1. The Morgan fingerprint density at radius 1 is 1.25 bits per heavy atom. The molecule has 0 aliphatic heterocycles. The summed E-state index contributed by atoms with van der Waals surface area (Å²) in [7, 11) is 5.92. The van der Waals surface area contributed by atoms with Crippen molar-refractivity contribution in [2.75, 3.05) is 26.9 Å². The van der Waals surface area contributed by atoms with E-state index in [9.17, 15) is 4.79 Å². The van der Waals surface area contributed by atoms with Crippen molar-refractivity contribution in [2.45, 2.75) is 13.2 Å². The topological polar surface area (TPSA) is 52.3 Å². The van der Waals surface area contributed by atoms with Crippen LogP contribution in [0.4, 0.5) is 5.69 Å². The molecule has 0 aliphatic carbocycles. The van der Waals surface area contributed by atoms with Crippen LogP contribution in [0.2, 0.25) is 0 Å². The number of benzene rings is 1. The number of esters is 1. The molecule has 88 valence electrons. The SMILES string of the molecule is CC(OC(=O)c1ccc(N)cc1)[N+](C)(C)C. The zero-order valence-electron chi connectivity index (χ0n) is 10.2. The number of nitrogen functional groups attached to an aromatic ring is 1. The van der Waals surface area contributed by atoms with E-state index in [0.29, 0.717) is 15.7 Å². The molecule has 0 saturated heterocycles. The number of ether oxygens (including phenoxy) is 1. The summed E-state index contributed by atoms with van der Waals surface area (Å²) in [6, 6.07) is 6.71.